The average molecular weight is 341 g/mol. The van der Waals surface area contributed by atoms with Gasteiger partial charge in [0.25, 0.3) is 5.69 Å². The smallest absolute Gasteiger partial charge is 0.269 e. The Morgan fingerprint density at radius 2 is 1.90 bits per heavy atom. The first kappa shape index (κ1) is 15.0. The number of hydrogen-bond donors (Lipinski definition) is 0. The summed E-state index contributed by atoms with van der Waals surface area (Å²) >= 11 is 3.19. The SMILES string of the molecule is O=C(CBr)N1CCC(Cc2ccc([N+](=O)[O-])cc2)CC1. The molecule has 1 aliphatic rings. The van der Waals surface area contributed by atoms with E-state index in [4.69, 9.17) is 0 Å². The van der Waals surface area contributed by atoms with Gasteiger partial charge in [0.05, 0.1) is 10.3 Å². The Labute approximate surface area is 126 Å². The van der Waals surface area contributed by atoms with Gasteiger partial charge in [-0.2, -0.15) is 0 Å². The van der Waals surface area contributed by atoms with Crippen LogP contribution in [0.4, 0.5) is 5.69 Å². The maximum Gasteiger partial charge on any atom is 0.269 e. The topological polar surface area (TPSA) is 63.5 Å². The van der Waals surface area contributed by atoms with Crippen molar-refractivity contribution in [1.29, 1.82) is 0 Å². The first-order valence-electron chi connectivity index (χ1n) is 6.67. The highest BCUT2D eigenvalue weighted by molar-refractivity contribution is 9.09. The van der Waals surface area contributed by atoms with Gasteiger partial charge in [-0.25, -0.2) is 0 Å². The number of hydrogen-bond acceptors (Lipinski definition) is 3. The van der Waals surface area contributed by atoms with Crippen molar-refractivity contribution >= 4 is 27.5 Å². The van der Waals surface area contributed by atoms with Crippen molar-refractivity contribution in [3.05, 3.63) is 39.9 Å². The summed E-state index contributed by atoms with van der Waals surface area (Å²) < 4.78 is 0. The Balaban J connectivity index is 1.86. The minimum Gasteiger partial charge on any atom is -0.342 e. The number of nitrogens with zero attached hydrogens (tertiary/aromatic N) is 2. The fraction of sp³-hybridized carbons (Fsp3) is 0.500. The van der Waals surface area contributed by atoms with Crippen molar-refractivity contribution < 1.29 is 9.72 Å². The summed E-state index contributed by atoms with van der Waals surface area (Å²) in [5.41, 5.74) is 1.26. The van der Waals surface area contributed by atoms with Gasteiger partial charge in [-0.3, -0.25) is 14.9 Å². The number of nitro groups is 1. The monoisotopic (exact) mass is 340 g/mol. The first-order valence-corrected chi connectivity index (χ1v) is 7.79. The van der Waals surface area contributed by atoms with E-state index < -0.39 is 0 Å². The van der Waals surface area contributed by atoms with Gasteiger partial charge in [-0.05, 0) is 30.7 Å². The predicted octanol–water partition coefficient (Wildman–Crippen LogP) is 2.77. The molecule has 2 rings (SSSR count). The number of alkyl halides is 1. The molecule has 1 fully saturated rings. The molecule has 0 spiro atoms. The molecule has 108 valence electrons. The minimum atomic E-state index is -0.381. The Bertz CT molecular complexity index is 482. The van der Waals surface area contributed by atoms with Gasteiger partial charge in [-0.1, -0.05) is 28.1 Å². The number of likely N-dealkylation sites (tertiary alicyclic amines) is 1. The predicted molar refractivity (Wildman–Crippen MR) is 79.9 cm³/mol. The zero-order chi connectivity index (χ0) is 14.5. The molecule has 0 radical (unpaired) electrons. The Kier molecular flexibility index (Phi) is 5.11. The van der Waals surface area contributed by atoms with Crippen molar-refractivity contribution in [2.75, 3.05) is 18.4 Å². The van der Waals surface area contributed by atoms with Crippen molar-refractivity contribution in [2.24, 2.45) is 5.92 Å². The summed E-state index contributed by atoms with van der Waals surface area (Å²) in [5, 5.41) is 11.0. The molecule has 20 heavy (non-hydrogen) atoms. The molecule has 5 nitrogen and oxygen atoms in total. The van der Waals surface area contributed by atoms with E-state index in [9.17, 15) is 14.9 Å². The molecule has 1 aromatic carbocycles. The molecular weight excluding hydrogens is 324 g/mol. The third-order valence-electron chi connectivity index (χ3n) is 3.75. The second-order valence-electron chi connectivity index (χ2n) is 5.09. The standard InChI is InChI=1S/C14H17BrN2O3/c15-10-14(18)16-7-5-12(6-8-16)9-11-1-3-13(4-2-11)17(19)20/h1-4,12H,5-10H2. The van der Waals surface area contributed by atoms with Gasteiger partial charge in [-0.15, -0.1) is 0 Å². The van der Waals surface area contributed by atoms with Crippen LogP contribution in [0.15, 0.2) is 24.3 Å². The molecule has 1 aromatic rings. The molecule has 6 heteroatoms. The van der Waals surface area contributed by atoms with E-state index >= 15 is 0 Å². The van der Waals surface area contributed by atoms with E-state index in [0.717, 1.165) is 37.9 Å². The highest BCUT2D eigenvalue weighted by atomic mass is 79.9. The second kappa shape index (κ2) is 6.83. The molecule has 0 N–H and O–H groups in total. The molecule has 1 heterocycles. The van der Waals surface area contributed by atoms with Crippen LogP contribution in [0.1, 0.15) is 18.4 Å². The van der Waals surface area contributed by atoms with Crippen LogP contribution in [0, 0.1) is 16.0 Å². The highest BCUT2D eigenvalue weighted by Crippen LogP contribution is 2.23. The van der Waals surface area contributed by atoms with Crippen molar-refractivity contribution in [2.45, 2.75) is 19.3 Å². The number of non-ortho nitro benzene ring substituents is 1. The van der Waals surface area contributed by atoms with E-state index in [-0.39, 0.29) is 16.5 Å². The lowest BCUT2D eigenvalue weighted by molar-refractivity contribution is -0.384. The Hall–Kier alpha value is -1.43. The van der Waals surface area contributed by atoms with Gasteiger partial charge < -0.3 is 4.90 Å². The van der Waals surface area contributed by atoms with Crippen LogP contribution in [0.5, 0.6) is 0 Å². The first-order chi connectivity index (χ1) is 9.60. The van der Waals surface area contributed by atoms with E-state index in [1.807, 2.05) is 17.0 Å². The van der Waals surface area contributed by atoms with Crippen LogP contribution < -0.4 is 0 Å². The number of carbonyl (C=O) groups is 1. The maximum atomic E-state index is 11.5. The third-order valence-corrected chi connectivity index (χ3v) is 4.23. The molecular formula is C14H17BrN2O3. The largest absolute Gasteiger partial charge is 0.342 e. The summed E-state index contributed by atoms with van der Waals surface area (Å²) in [6, 6.07) is 6.76. The fourth-order valence-corrected chi connectivity index (χ4v) is 2.91. The normalized spacial score (nSPS) is 16.1. The van der Waals surface area contributed by atoms with Gasteiger partial charge >= 0.3 is 0 Å². The summed E-state index contributed by atoms with van der Waals surface area (Å²) in [7, 11) is 0. The molecule has 0 aromatic heterocycles. The summed E-state index contributed by atoms with van der Waals surface area (Å²) in [6.45, 7) is 1.62. The van der Waals surface area contributed by atoms with Crippen molar-refractivity contribution in [3.63, 3.8) is 0 Å². The number of piperidine rings is 1. The number of halogens is 1. The second-order valence-corrected chi connectivity index (χ2v) is 5.65. The van der Waals surface area contributed by atoms with E-state index in [0.29, 0.717) is 11.2 Å². The van der Waals surface area contributed by atoms with Gasteiger partial charge in [0.15, 0.2) is 0 Å². The van der Waals surface area contributed by atoms with Gasteiger partial charge in [0.2, 0.25) is 5.91 Å². The summed E-state index contributed by atoms with van der Waals surface area (Å²) in [4.78, 5) is 23.7. The highest BCUT2D eigenvalue weighted by Gasteiger charge is 2.22. The quantitative estimate of drug-likeness (QED) is 0.481. The van der Waals surface area contributed by atoms with Crippen molar-refractivity contribution in [3.8, 4) is 0 Å². The summed E-state index contributed by atoms with van der Waals surface area (Å²) in [6.07, 6.45) is 2.92. The number of nitro benzene ring substituents is 1. The lowest BCUT2D eigenvalue weighted by Gasteiger charge is -2.31. The zero-order valence-electron chi connectivity index (χ0n) is 11.1. The minimum absolute atomic E-state index is 0.131. The Morgan fingerprint density at radius 3 is 2.40 bits per heavy atom. The number of benzene rings is 1. The van der Waals surface area contributed by atoms with E-state index in [1.54, 1.807) is 12.1 Å². The molecule has 0 aliphatic carbocycles. The van der Waals surface area contributed by atoms with Crippen LogP contribution in [0.2, 0.25) is 0 Å². The van der Waals surface area contributed by atoms with E-state index in [2.05, 4.69) is 15.9 Å². The maximum absolute atomic E-state index is 11.5. The van der Waals surface area contributed by atoms with Crippen molar-refractivity contribution in [1.82, 2.24) is 4.90 Å². The summed E-state index contributed by atoms with van der Waals surface area (Å²) in [5.74, 6) is 0.703. The molecule has 0 bridgehead atoms. The van der Waals surface area contributed by atoms with Crippen LogP contribution in [0.25, 0.3) is 0 Å². The molecule has 1 aliphatic heterocycles. The van der Waals surface area contributed by atoms with Crippen LogP contribution in [-0.4, -0.2) is 34.2 Å². The molecule has 1 saturated heterocycles. The third kappa shape index (κ3) is 3.79. The van der Waals surface area contributed by atoms with E-state index in [1.165, 1.54) is 0 Å². The number of amides is 1. The van der Waals surface area contributed by atoms with Gasteiger partial charge in [0.1, 0.15) is 0 Å². The number of rotatable bonds is 4. The van der Waals surface area contributed by atoms with Crippen LogP contribution in [-0.2, 0) is 11.2 Å². The zero-order valence-corrected chi connectivity index (χ0v) is 12.7. The molecule has 0 saturated carbocycles. The molecule has 0 atom stereocenters. The fourth-order valence-electron chi connectivity index (χ4n) is 2.56. The Morgan fingerprint density at radius 1 is 1.30 bits per heavy atom. The van der Waals surface area contributed by atoms with Crippen LogP contribution in [0.3, 0.4) is 0 Å². The molecule has 1 amide bonds. The average Bonchev–Trinajstić information content (AvgIpc) is 2.48. The lowest BCUT2D eigenvalue weighted by atomic mass is 9.90. The van der Waals surface area contributed by atoms with Gasteiger partial charge in [0, 0.05) is 25.2 Å². The van der Waals surface area contributed by atoms with Crippen LogP contribution >= 0.6 is 15.9 Å². The molecule has 0 unspecified atom stereocenters. The lowest BCUT2D eigenvalue weighted by Crippen LogP contribution is -2.39. The number of carbonyl (C=O) groups excluding carboxylic acids is 1.